The standard InChI is InChI=1S/C25H27N3O5S/c29-24(26-20-10-6-8-17-7-3-4-9-19(17)20)16-33-25(30)18-12-13-21-22(15-18)34(31,32)27-23-11-2-1-5-14-28(21)23/h3-4,7,9,12-13,15,20H,1-2,5-6,8,10-11,14,16H2,(H,26,29). The number of amides is 1. The van der Waals surface area contributed by atoms with Gasteiger partial charge in [-0.1, -0.05) is 30.7 Å². The van der Waals surface area contributed by atoms with Gasteiger partial charge in [0.1, 0.15) is 10.7 Å². The maximum Gasteiger partial charge on any atom is 0.338 e. The number of hydrogen-bond donors (Lipinski definition) is 1. The minimum absolute atomic E-state index is 0.00383. The Balaban J connectivity index is 1.27. The number of anilines is 1. The van der Waals surface area contributed by atoms with Gasteiger partial charge in [0.25, 0.3) is 15.9 Å². The third-order valence-corrected chi connectivity index (χ3v) is 7.96. The van der Waals surface area contributed by atoms with Crippen LogP contribution in [0.2, 0.25) is 0 Å². The highest BCUT2D eigenvalue weighted by Crippen LogP contribution is 2.35. The molecule has 0 radical (unpaired) electrons. The average Bonchev–Trinajstić information content (AvgIpc) is 3.07. The fourth-order valence-electron chi connectivity index (χ4n) is 4.96. The van der Waals surface area contributed by atoms with Gasteiger partial charge in [0.05, 0.1) is 17.3 Å². The van der Waals surface area contributed by atoms with Crippen LogP contribution in [0.4, 0.5) is 5.69 Å². The molecule has 1 aliphatic carbocycles. The zero-order valence-corrected chi connectivity index (χ0v) is 19.6. The van der Waals surface area contributed by atoms with Crippen molar-refractivity contribution in [3.63, 3.8) is 0 Å². The van der Waals surface area contributed by atoms with Crippen molar-refractivity contribution in [1.82, 2.24) is 5.32 Å². The molecule has 0 aromatic heterocycles. The van der Waals surface area contributed by atoms with Crippen LogP contribution < -0.4 is 10.2 Å². The van der Waals surface area contributed by atoms with Crippen LogP contribution in [0.3, 0.4) is 0 Å². The highest BCUT2D eigenvalue weighted by molar-refractivity contribution is 7.90. The van der Waals surface area contributed by atoms with E-state index in [0.717, 1.165) is 44.1 Å². The van der Waals surface area contributed by atoms with Crippen molar-refractivity contribution < 1.29 is 22.7 Å². The molecule has 1 fully saturated rings. The number of carbonyl (C=O) groups is 2. The van der Waals surface area contributed by atoms with Crippen molar-refractivity contribution in [2.24, 2.45) is 4.40 Å². The number of nitrogens with one attached hydrogen (secondary N) is 1. The number of amidine groups is 1. The molecule has 3 aliphatic rings. The zero-order chi connectivity index (χ0) is 23.7. The van der Waals surface area contributed by atoms with Crippen LogP contribution in [-0.4, -0.2) is 39.3 Å². The monoisotopic (exact) mass is 481 g/mol. The third kappa shape index (κ3) is 4.44. The van der Waals surface area contributed by atoms with Gasteiger partial charge < -0.3 is 15.0 Å². The lowest BCUT2D eigenvalue weighted by atomic mass is 9.88. The van der Waals surface area contributed by atoms with E-state index in [1.807, 2.05) is 23.1 Å². The second-order valence-corrected chi connectivity index (χ2v) is 10.5. The molecule has 5 rings (SSSR count). The quantitative estimate of drug-likeness (QED) is 0.670. The molecule has 1 atom stereocenters. The molecular formula is C25H27N3O5S. The van der Waals surface area contributed by atoms with Gasteiger partial charge in [-0.05, 0) is 61.4 Å². The largest absolute Gasteiger partial charge is 0.452 e. The molecule has 1 unspecified atom stereocenters. The first-order chi connectivity index (χ1) is 16.4. The number of rotatable bonds is 4. The van der Waals surface area contributed by atoms with Crippen LogP contribution in [0.1, 0.15) is 66.1 Å². The first kappa shape index (κ1) is 22.6. The van der Waals surface area contributed by atoms with Gasteiger partial charge in [-0.2, -0.15) is 8.42 Å². The van der Waals surface area contributed by atoms with E-state index in [-0.39, 0.29) is 22.4 Å². The number of fused-ring (bicyclic) bond motifs is 4. The lowest BCUT2D eigenvalue weighted by Gasteiger charge is -2.29. The van der Waals surface area contributed by atoms with Crippen LogP contribution >= 0.6 is 0 Å². The van der Waals surface area contributed by atoms with Gasteiger partial charge in [-0.3, -0.25) is 4.79 Å². The molecule has 2 aliphatic heterocycles. The van der Waals surface area contributed by atoms with E-state index in [0.29, 0.717) is 24.5 Å². The molecule has 2 aromatic carbocycles. The molecular weight excluding hydrogens is 454 g/mol. The fourth-order valence-corrected chi connectivity index (χ4v) is 6.25. The Labute approximate surface area is 199 Å². The number of carbonyl (C=O) groups excluding carboxylic acids is 2. The molecule has 0 bridgehead atoms. The summed E-state index contributed by atoms with van der Waals surface area (Å²) in [6.45, 7) is 0.255. The molecule has 2 heterocycles. The average molecular weight is 482 g/mol. The van der Waals surface area contributed by atoms with Crippen molar-refractivity contribution in [2.45, 2.75) is 55.9 Å². The number of nitrogens with zero attached hydrogens (tertiary/aromatic N) is 2. The summed E-state index contributed by atoms with van der Waals surface area (Å²) in [6.07, 6.45) is 6.28. The summed E-state index contributed by atoms with van der Waals surface area (Å²) in [5, 5.41) is 2.95. The van der Waals surface area contributed by atoms with Crippen LogP contribution in [0.5, 0.6) is 0 Å². The number of hydrogen-bond acceptors (Lipinski definition) is 6. The van der Waals surface area contributed by atoms with Crippen molar-refractivity contribution in [3.8, 4) is 0 Å². The maximum absolute atomic E-state index is 12.8. The van der Waals surface area contributed by atoms with Gasteiger partial charge in [0.15, 0.2) is 6.61 Å². The van der Waals surface area contributed by atoms with Crippen molar-refractivity contribution in [3.05, 3.63) is 59.2 Å². The van der Waals surface area contributed by atoms with E-state index in [2.05, 4.69) is 15.8 Å². The van der Waals surface area contributed by atoms with Crippen LogP contribution in [0.25, 0.3) is 0 Å². The molecule has 1 N–H and O–H groups in total. The van der Waals surface area contributed by atoms with E-state index in [4.69, 9.17) is 4.74 Å². The zero-order valence-electron chi connectivity index (χ0n) is 18.8. The van der Waals surface area contributed by atoms with Crippen molar-refractivity contribution >= 4 is 33.4 Å². The summed E-state index contributed by atoms with van der Waals surface area (Å²) in [5.74, 6) is -0.580. The lowest BCUT2D eigenvalue weighted by molar-refractivity contribution is -0.125. The number of sulfonamides is 1. The van der Waals surface area contributed by atoms with E-state index in [1.54, 1.807) is 12.1 Å². The second-order valence-electron chi connectivity index (χ2n) is 8.91. The highest BCUT2D eigenvalue weighted by atomic mass is 32.2. The Morgan fingerprint density at radius 1 is 1.06 bits per heavy atom. The van der Waals surface area contributed by atoms with Gasteiger partial charge in [-0.25, -0.2) is 4.79 Å². The summed E-state index contributed by atoms with van der Waals surface area (Å²) >= 11 is 0. The van der Waals surface area contributed by atoms with Crippen LogP contribution in [0, 0.1) is 0 Å². The molecule has 178 valence electrons. The van der Waals surface area contributed by atoms with Crippen LogP contribution in [-0.2, 0) is 26.0 Å². The van der Waals surface area contributed by atoms with Crippen molar-refractivity contribution in [2.75, 3.05) is 18.1 Å². The van der Waals surface area contributed by atoms with Crippen molar-refractivity contribution in [1.29, 1.82) is 0 Å². The first-order valence-corrected chi connectivity index (χ1v) is 13.2. The van der Waals surface area contributed by atoms with E-state index in [9.17, 15) is 18.0 Å². The Bertz CT molecular complexity index is 1270. The van der Waals surface area contributed by atoms with E-state index in [1.165, 1.54) is 11.6 Å². The number of esters is 1. The molecule has 0 spiro atoms. The smallest absolute Gasteiger partial charge is 0.338 e. The van der Waals surface area contributed by atoms with E-state index >= 15 is 0 Å². The summed E-state index contributed by atoms with van der Waals surface area (Å²) in [4.78, 5) is 27.0. The Kier molecular flexibility index (Phi) is 6.12. The Hall–Kier alpha value is -3.20. The van der Waals surface area contributed by atoms with Gasteiger partial charge >= 0.3 is 5.97 Å². The fraction of sp³-hybridized carbons (Fsp3) is 0.400. The van der Waals surface area contributed by atoms with Crippen LogP contribution in [0.15, 0.2) is 51.8 Å². The predicted octanol–water partition coefficient (Wildman–Crippen LogP) is 3.52. The van der Waals surface area contributed by atoms with E-state index < -0.39 is 22.6 Å². The first-order valence-electron chi connectivity index (χ1n) is 11.7. The Morgan fingerprint density at radius 3 is 2.79 bits per heavy atom. The number of ether oxygens (including phenoxy) is 1. The predicted molar refractivity (Wildman–Crippen MR) is 127 cm³/mol. The molecule has 0 saturated carbocycles. The molecule has 9 heteroatoms. The summed E-state index contributed by atoms with van der Waals surface area (Å²) in [6, 6.07) is 12.4. The second kappa shape index (κ2) is 9.21. The van der Waals surface area contributed by atoms with Gasteiger partial charge in [0, 0.05) is 13.0 Å². The minimum Gasteiger partial charge on any atom is -0.452 e. The normalized spacial score (nSPS) is 20.6. The molecule has 34 heavy (non-hydrogen) atoms. The molecule has 1 saturated heterocycles. The van der Waals surface area contributed by atoms with Gasteiger partial charge in [0.2, 0.25) is 0 Å². The van der Waals surface area contributed by atoms with Gasteiger partial charge in [-0.15, -0.1) is 4.40 Å². The SMILES string of the molecule is O=C(COC(=O)c1ccc2c(c1)S(=O)(=O)N=C1CCCCCN12)NC1CCCc2ccccc21. The highest BCUT2D eigenvalue weighted by Gasteiger charge is 2.32. The molecule has 2 aromatic rings. The minimum atomic E-state index is -3.90. The Morgan fingerprint density at radius 2 is 1.91 bits per heavy atom. The number of benzene rings is 2. The summed E-state index contributed by atoms with van der Waals surface area (Å²) < 4.78 is 34.7. The summed E-state index contributed by atoms with van der Waals surface area (Å²) in [5.41, 5.74) is 2.94. The summed E-state index contributed by atoms with van der Waals surface area (Å²) in [7, 11) is -3.90. The topological polar surface area (TPSA) is 105 Å². The lowest BCUT2D eigenvalue weighted by Crippen LogP contribution is -2.35. The number of aryl methyl sites for hydroxylation is 1. The molecule has 8 nitrogen and oxygen atoms in total. The molecule has 1 amide bonds. The maximum atomic E-state index is 12.8. The third-order valence-electron chi connectivity index (χ3n) is 6.62.